The third-order valence-corrected chi connectivity index (χ3v) is 21.3. The van der Waals surface area contributed by atoms with Crippen LogP contribution in [0, 0.1) is 0 Å². The van der Waals surface area contributed by atoms with Gasteiger partial charge in [0.25, 0.3) is 0 Å². The van der Waals surface area contributed by atoms with Crippen LogP contribution in [-0.2, 0) is 20.4 Å². The van der Waals surface area contributed by atoms with Crippen LogP contribution in [0.5, 0.6) is 0 Å². The fourth-order valence-electron chi connectivity index (χ4n) is 5.92. The van der Waals surface area contributed by atoms with Gasteiger partial charge >= 0.3 is 0 Å². The molecule has 0 aliphatic carbocycles. The summed E-state index contributed by atoms with van der Waals surface area (Å²) in [6.45, 7) is 27.8. The molecule has 0 atom stereocenters. The van der Waals surface area contributed by atoms with Gasteiger partial charge in [-0.1, -0.05) is 160 Å². The van der Waals surface area contributed by atoms with Crippen LogP contribution in [0.3, 0.4) is 0 Å². The third kappa shape index (κ3) is 58.8. The Balaban J connectivity index is -0.000000192. The number of unbranched alkanes of at least 4 members (excludes halogenated alkanes) is 12. The molecule has 0 aliphatic rings. The maximum atomic E-state index is 2.31. The predicted octanol–water partition coefficient (Wildman–Crippen LogP) is 19.5. The van der Waals surface area contributed by atoms with Gasteiger partial charge in [-0.3, -0.25) is 0 Å². The number of rotatable bonds is 36. The molecule has 0 bridgehead atoms. The molecule has 0 nitrogen and oxygen atoms in total. The maximum absolute atomic E-state index is 2.31. The van der Waals surface area contributed by atoms with Gasteiger partial charge in [0.15, 0.2) is 0 Å². The maximum Gasteiger partial charge on any atom is 0 e. The average molecular weight is 916 g/mol. The van der Waals surface area contributed by atoms with Crippen LogP contribution >= 0.6 is 31.7 Å². The van der Waals surface area contributed by atoms with Gasteiger partial charge in [0.2, 0.25) is 0 Å². The minimum absolute atomic E-state index is 0. The summed E-state index contributed by atoms with van der Waals surface area (Å²) in [5, 5.41) is 0. The van der Waals surface area contributed by atoms with E-state index in [0.29, 0.717) is 31.7 Å². The van der Waals surface area contributed by atoms with Crippen molar-refractivity contribution in [3.8, 4) is 0 Å². The average Bonchev–Trinajstić information content (AvgIpc) is 3.17. The molecule has 0 heterocycles. The summed E-state index contributed by atoms with van der Waals surface area (Å²) in [5.74, 6) is 0. The summed E-state index contributed by atoms with van der Waals surface area (Å²) in [5.41, 5.74) is 0. The summed E-state index contributed by atoms with van der Waals surface area (Å²) < 4.78 is 0. The van der Waals surface area contributed by atoms with E-state index < -0.39 is 0 Å². The van der Waals surface area contributed by atoms with Crippen LogP contribution in [0.1, 0.15) is 237 Å². The van der Waals surface area contributed by atoms with Crippen molar-refractivity contribution in [2.24, 2.45) is 0 Å². The van der Waals surface area contributed by atoms with E-state index in [9.17, 15) is 0 Å². The summed E-state index contributed by atoms with van der Waals surface area (Å²) in [6, 6.07) is 0. The molecule has 0 amide bonds. The Labute approximate surface area is 361 Å². The van der Waals surface area contributed by atoms with Crippen molar-refractivity contribution in [1.29, 1.82) is 0 Å². The van der Waals surface area contributed by atoms with Gasteiger partial charge in [-0.05, 0) is 151 Å². The van der Waals surface area contributed by atoms with Crippen molar-refractivity contribution < 1.29 is 20.4 Å². The molecule has 0 spiro atoms. The SMILES string of the molecule is CCCCP(CCCC)CCCC.CCCCP(CCCC)CCCC.CCCCP(CCCC)CCCC.CCCCP(CCCC)CCCC.[Pd]. The van der Waals surface area contributed by atoms with Gasteiger partial charge in [-0.15, -0.1) is 31.7 Å². The second kappa shape index (κ2) is 61.1. The molecule has 0 unspecified atom stereocenters. The molecule has 0 N–H and O–H groups in total. The zero-order valence-corrected chi connectivity index (χ0v) is 44.7. The Morgan fingerprint density at radius 3 is 0.302 bits per heavy atom. The molecule has 330 valence electrons. The Kier molecular flexibility index (Phi) is 74.3. The molecule has 0 aromatic heterocycles. The van der Waals surface area contributed by atoms with Gasteiger partial charge in [-0.25, -0.2) is 0 Å². The molecular weight excluding hydrogens is 807 g/mol. The van der Waals surface area contributed by atoms with Crippen LogP contribution in [0.4, 0.5) is 0 Å². The molecule has 0 saturated heterocycles. The fraction of sp³-hybridized carbons (Fsp3) is 1.00. The van der Waals surface area contributed by atoms with Crippen molar-refractivity contribution in [1.82, 2.24) is 0 Å². The fourth-order valence-corrected chi connectivity index (χ4v) is 17.8. The number of hydrogen-bond acceptors (Lipinski definition) is 0. The minimum Gasteiger partial charge on any atom is -0.107 e. The van der Waals surface area contributed by atoms with Gasteiger partial charge in [0, 0.05) is 20.4 Å². The smallest absolute Gasteiger partial charge is 0 e. The summed E-state index contributed by atoms with van der Waals surface area (Å²) in [7, 11) is 1.69. The Hall–Kier alpha value is 2.38. The standard InChI is InChI=1S/4C12H27P.Pd/c4*1-4-7-10-13(11-8-5-2)12-9-6-3;/h4*4-12H2,1-3H3;. The van der Waals surface area contributed by atoms with Crippen molar-refractivity contribution in [2.45, 2.75) is 237 Å². The first-order valence-electron chi connectivity index (χ1n) is 24.3. The monoisotopic (exact) mass is 915 g/mol. The van der Waals surface area contributed by atoms with Crippen molar-refractivity contribution >= 4 is 31.7 Å². The predicted molar refractivity (Wildman–Crippen MR) is 265 cm³/mol. The van der Waals surface area contributed by atoms with E-state index in [4.69, 9.17) is 0 Å². The van der Waals surface area contributed by atoms with Crippen LogP contribution in [0.25, 0.3) is 0 Å². The van der Waals surface area contributed by atoms with Gasteiger partial charge in [0.05, 0.1) is 0 Å². The summed E-state index contributed by atoms with van der Waals surface area (Å²) >= 11 is 0. The second-order valence-electron chi connectivity index (χ2n) is 15.6. The second-order valence-corrected chi connectivity index (χ2v) is 26.3. The molecule has 0 saturated carbocycles. The first-order chi connectivity index (χ1) is 25.4. The van der Waals surface area contributed by atoms with Crippen LogP contribution in [0.2, 0.25) is 0 Å². The molecule has 0 aliphatic heterocycles. The molecule has 0 radical (unpaired) electrons. The molecule has 5 heteroatoms. The van der Waals surface area contributed by atoms with Gasteiger partial charge in [-0.2, -0.15) is 0 Å². The molecule has 0 fully saturated rings. The van der Waals surface area contributed by atoms with E-state index in [1.807, 2.05) is 0 Å². The van der Waals surface area contributed by atoms with E-state index in [2.05, 4.69) is 83.1 Å². The van der Waals surface area contributed by atoms with E-state index in [1.165, 1.54) is 154 Å². The van der Waals surface area contributed by atoms with E-state index in [1.54, 1.807) is 73.9 Å². The molecule has 0 aromatic carbocycles. The quantitative estimate of drug-likeness (QED) is 0.0434. The van der Waals surface area contributed by atoms with Gasteiger partial charge in [0.1, 0.15) is 0 Å². The largest absolute Gasteiger partial charge is 0.107 e. The first-order valence-corrected chi connectivity index (χ1v) is 31.9. The summed E-state index contributed by atoms with van der Waals surface area (Å²) in [6.07, 6.45) is 52.9. The molecule has 0 aromatic rings. The molecule has 53 heavy (non-hydrogen) atoms. The van der Waals surface area contributed by atoms with Crippen LogP contribution in [0.15, 0.2) is 0 Å². The van der Waals surface area contributed by atoms with E-state index in [0.717, 1.165) is 0 Å². The Bertz CT molecular complexity index is 392. The Morgan fingerprint density at radius 2 is 0.245 bits per heavy atom. The zero-order valence-electron chi connectivity index (χ0n) is 39.6. The molecular formula is C48H108P4Pd. The normalized spacial score (nSPS) is 10.9. The first kappa shape index (κ1) is 64.5. The van der Waals surface area contributed by atoms with Crippen molar-refractivity contribution in [2.75, 3.05) is 73.9 Å². The third-order valence-electron chi connectivity index (χ3n) is 9.93. The van der Waals surface area contributed by atoms with Crippen molar-refractivity contribution in [3.63, 3.8) is 0 Å². The summed E-state index contributed by atoms with van der Waals surface area (Å²) in [4.78, 5) is 0. The van der Waals surface area contributed by atoms with Crippen molar-refractivity contribution in [3.05, 3.63) is 0 Å². The van der Waals surface area contributed by atoms with Gasteiger partial charge < -0.3 is 0 Å². The van der Waals surface area contributed by atoms with Crippen LogP contribution in [-0.4, -0.2) is 73.9 Å². The number of hydrogen-bond donors (Lipinski definition) is 0. The van der Waals surface area contributed by atoms with E-state index >= 15 is 0 Å². The van der Waals surface area contributed by atoms with Crippen LogP contribution < -0.4 is 0 Å². The topological polar surface area (TPSA) is 0 Å². The zero-order chi connectivity index (χ0) is 39.8. The minimum atomic E-state index is 0. The molecule has 0 rings (SSSR count). The Morgan fingerprint density at radius 1 is 0.170 bits per heavy atom. The van der Waals surface area contributed by atoms with E-state index in [-0.39, 0.29) is 20.4 Å².